The molecule has 0 radical (unpaired) electrons. The molecule has 1 amide bonds. The van der Waals surface area contributed by atoms with E-state index < -0.39 is 12.0 Å². The number of ether oxygens (including phenoxy) is 2. The van der Waals surface area contributed by atoms with Crippen molar-refractivity contribution in [2.75, 3.05) is 6.61 Å². The third kappa shape index (κ3) is 6.12. The number of aliphatic hydroxyl groups excluding tert-OH is 1. The predicted octanol–water partition coefficient (Wildman–Crippen LogP) is 4.64. The fraction of sp³-hybridized carbons (Fsp3) is 0.440. The van der Waals surface area contributed by atoms with Crippen LogP contribution < -0.4 is 0 Å². The molecule has 4 atom stereocenters. The van der Waals surface area contributed by atoms with E-state index in [1.807, 2.05) is 67.6 Å². The predicted molar refractivity (Wildman–Crippen MR) is 124 cm³/mol. The molecule has 1 N–H and O–H groups in total. The zero-order valence-corrected chi connectivity index (χ0v) is 19.0. The van der Waals surface area contributed by atoms with Gasteiger partial charge in [0, 0.05) is 6.61 Å². The molecule has 1 heterocycles. The molecule has 2 aromatic carbocycles. The number of amides is 1. The zero-order valence-electron chi connectivity index (χ0n) is 18.1. The van der Waals surface area contributed by atoms with E-state index in [9.17, 15) is 9.90 Å². The quantitative estimate of drug-likeness (QED) is 0.430. The number of carbonyl (C=O) groups is 1. The molecule has 1 saturated heterocycles. The van der Waals surface area contributed by atoms with Crippen molar-refractivity contribution in [3.8, 4) is 0 Å². The number of nitrogens with zero attached hydrogens (tertiary/aromatic N) is 1. The van der Waals surface area contributed by atoms with Crippen molar-refractivity contribution in [2.24, 2.45) is 5.92 Å². The van der Waals surface area contributed by atoms with Crippen molar-refractivity contribution in [2.45, 2.75) is 58.0 Å². The molecule has 0 aliphatic carbocycles. The zero-order chi connectivity index (χ0) is 22.2. The van der Waals surface area contributed by atoms with Gasteiger partial charge in [0.05, 0.1) is 24.7 Å². The first kappa shape index (κ1) is 23.4. The maximum absolute atomic E-state index is 13.1. The molecule has 0 aromatic heterocycles. The molecule has 0 bridgehead atoms. The summed E-state index contributed by atoms with van der Waals surface area (Å²) in [5.74, 6) is -0.743. The molecule has 31 heavy (non-hydrogen) atoms. The largest absolute Gasteiger partial charge is 0.460 e. The molecule has 0 saturated carbocycles. The fourth-order valence-corrected chi connectivity index (χ4v) is 4.16. The van der Waals surface area contributed by atoms with Crippen LogP contribution in [-0.4, -0.2) is 39.8 Å². The summed E-state index contributed by atoms with van der Waals surface area (Å²) in [7, 11) is 0. The van der Waals surface area contributed by atoms with Crippen LogP contribution in [0.1, 0.15) is 50.3 Å². The Labute approximate surface area is 190 Å². The van der Waals surface area contributed by atoms with E-state index in [4.69, 9.17) is 21.7 Å². The van der Waals surface area contributed by atoms with Crippen molar-refractivity contribution in [1.29, 1.82) is 0 Å². The van der Waals surface area contributed by atoms with E-state index in [0.717, 1.165) is 24.0 Å². The number of hydrogen-bond acceptors (Lipinski definition) is 5. The summed E-state index contributed by atoms with van der Waals surface area (Å²) in [5.41, 5.74) is 2.13. The number of carbonyl (C=O) groups excluding carboxylic acids is 1. The van der Waals surface area contributed by atoms with Crippen molar-refractivity contribution in [3.05, 3.63) is 71.8 Å². The highest BCUT2D eigenvalue weighted by atomic mass is 32.1. The van der Waals surface area contributed by atoms with Gasteiger partial charge >= 0.3 is 0 Å². The average molecular weight is 442 g/mol. The molecular formula is C25H31NO4S. The minimum atomic E-state index is -0.729. The molecule has 0 spiro atoms. The van der Waals surface area contributed by atoms with Crippen LogP contribution in [0.2, 0.25) is 0 Å². The van der Waals surface area contributed by atoms with Crippen molar-refractivity contribution < 1.29 is 19.4 Å². The summed E-state index contributed by atoms with van der Waals surface area (Å²) in [4.78, 5) is 14.6. The van der Waals surface area contributed by atoms with Crippen molar-refractivity contribution in [3.63, 3.8) is 0 Å². The van der Waals surface area contributed by atoms with E-state index in [0.29, 0.717) is 19.6 Å². The Hall–Kier alpha value is -2.28. The van der Waals surface area contributed by atoms with Gasteiger partial charge in [0.15, 0.2) is 0 Å². The Morgan fingerprint density at radius 2 is 1.77 bits per heavy atom. The van der Waals surface area contributed by atoms with Crippen molar-refractivity contribution in [1.82, 2.24) is 4.90 Å². The second-order valence-electron chi connectivity index (χ2n) is 8.05. The summed E-state index contributed by atoms with van der Waals surface area (Å²) in [6.45, 7) is 4.90. The molecule has 6 heteroatoms. The van der Waals surface area contributed by atoms with Gasteiger partial charge in [0.25, 0.3) is 5.17 Å². The first-order valence-electron chi connectivity index (χ1n) is 10.9. The average Bonchev–Trinajstić information content (AvgIpc) is 3.10. The highest BCUT2D eigenvalue weighted by Gasteiger charge is 2.43. The maximum atomic E-state index is 13.1. The third-order valence-electron chi connectivity index (χ3n) is 5.75. The van der Waals surface area contributed by atoms with Crippen LogP contribution in [0.3, 0.4) is 0 Å². The first-order valence-corrected chi connectivity index (χ1v) is 11.3. The minimum absolute atomic E-state index is 0.180. The lowest BCUT2D eigenvalue weighted by Gasteiger charge is -2.26. The third-order valence-corrected chi connectivity index (χ3v) is 6.05. The Morgan fingerprint density at radius 1 is 1.13 bits per heavy atom. The number of aliphatic hydroxyl groups is 1. The Bertz CT molecular complexity index is 845. The molecule has 1 aliphatic rings. The van der Waals surface area contributed by atoms with Gasteiger partial charge in [-0.25, -0.2) is 0 Å². The number of unbranched alkanes of at least 4 members (excludes halogenated alkanes) is 1. The van der Waals surface area contributed by atoms with Gasteiger partial charge in [-0.15, -0.1) is 0 Å². The summed E-state index contributed by atoms with van der Waals surface area (Å²) in [5, 5.41) is 10.7. The topological polar surface area (TPSA) is 59.0 Å². The van der Waals surface area contributed by atoms with Gasteiger partial charge in [0.2, 0.25) is 5.91 Å². The normalized spacial score (nSPS) is 20.4. The van der Waals surface area contributed by atoms with E-state index >= 15 is 0 Å². The highest BCUT2D eigenvalue weighted by molar-refractivity contribution is 7.80. The van der Waals surface area contributed by atoms with Gasteiger partial charge in [-0.1, -0.05) is 67.6 Å². The molecule has 166 valence electrons. The van der Waals surface area contributed by atoms with E-state index in [2.05, 4.69) is 0 Å². The van der Waals surface area contributed by atoms with Crippen LogP contribution in [0.5, 0.6) is 0 Å². The van der Waals surface area contributed by atoms with Crippen LogP contribution in [0, 0.1) is 5.92 Å². The summed E-state index contributed by atoms with van der Waals surface area (Å²) < 4.78 is 11.5. The fourth-order valence-electron chi connectivity index (χ4n) is 3.80. The van der Waals surface area contributed by atoms with Crippen LogP contribution in [0.25, 0.3) is 0 Å². The highest BCUT2D eigenvalue weighted by Crippen LogP contribution is 2.33. The Morgan fingerprint density at radius 3 is 2.45 bits per heavy atom. The van der Waals surface area contributed by atoms with Crippen LogP contribution in [-0.2, 0) is 20.9 Å². The Balaban J connectivity index is 1.43. The van der Waals surface area contributed by atoms with Gasteiger partial charge < -0.3 is 14.6 Å². The molecule has 2 aromatic rings. The standard InChI is InChI=1S/C25H31NO4S/c1-18(22(27)15-9-10-16-29-17-20-11-5-3-6-12-20)24(28)26-19(2)23(30-25(26)31)21-13-7-4-8-14-21/h3-8,11-14,18-19,22-23,27H,9-10,15-17H2,1-2H3/t18-,19+,22-,23+/m0/s1. The summed E-state index contributed by atoms with van der Waals surface area (Å²) in [6.07, 6.45) is 1.15. The molecule has 3 rings (SSSR count). The summed E-state index contributed by atoms with van der Waals surface area (Å²) >= 11 is 5.34. The van der Waals surface area contributed by atoms with E-state index in [1.165, 1.54) is 4.90 Å². The van der Waals surface area contributed by atoms with Gasteiger partial charge in [-0.3, -0.25) is 9.69 Å². The van der Waals surface area contributed by atoms with Gasteiger partial charge in [0.1, 0.15) is 6.10 Å². The lowest BCUT2D eigenvalue weighted by atomic mass is 9.96. The van der Waals surface area contributed by atoms with Crippen LogP contribution in [0.15, 0.2) is 60.7 Å². The number of rotatable bonds is 10. The number of thiocarbonyl (C=S) groups is 1. The molecule has 0 unspecified atom stereocenters. The summed E-state index contributed by atoms with van der Waals surface area (Å²) in [6, 6.07) is 19.6. The van der Waals surface area contributed by atoms with Crippen LogP contribution in [0.4, 0.5) is 0 Å². The SMILES string of the molecule is C[C@H](C(=O)N1C(=S)O[C@@H](c2ccccc2)[C@H]1C)[C@@H](O)CCCCOCc1ccccc1. The molecule has 1 aliphatic heterocycles. The number of benzene rings is 2. The minimum Gasteiger partial charge on any atom is -0.460 e. The van der Waals surface area contributed by atoms with Gasteiger partial charge in [-0.05, 0) is 49.5 Å². The van der Waals surface area contributed by atoms with E-state index in [1.54, 1.807) is 6.92 Å². The lowest BCUT2D eigenvalue weighted by molar-refractivity contribution is -0.135. The molecular weight excluding hydrogens is 410 g/mol. The maximum Gasteiger partial charge on any atom is 0.267 e. The second-order valence-corrected chi connectivity index (χ2v) is 8.40. The smallest absolute Gasteiger partial charge is 0.267 e. The Kier molecular flexibility index (Phi) is 8.58. The van der Waals surface area contributed by atoms with Crippen molar-refractivity contribution >= 4 is 23.3 Å². The van der Waals surface area contributed by atoms with Crippen LogP contribution >= 0.6 is 12.2 Å². The monoisotopic (exact) mass is 441 g/mol. The molecule has 1 fully saturated rings. The first-order chi connectivity index (χ1) is 15.0. The van der Waals surface area contributed by atoms with E-state index in [-0.39, 0.29) is 23.2 Å². The second kappa shape index (κ2) is 11.4. The number of hydrogen-bond donors (Lipinski definition) is 1. The lowest BCUT2D eigenvalue weighted by Crippen LogP contribution is -2.44. The molecule has 5 nitrogen and oxygen atoms in total. The van der Waals surface area contributed by atoms with Gasteiger partial charge in [-0.2, -0.15) is 0 Å².